The van der Waals surface area contributed by atoms with E-state index < -0.39 is 12.0 Å². The molecule has 1 spiro atoms. The average Bonchev–Trinajstić information content (AvgIpc) is 3.72. The van der Waals surface area contributed by atoms with E-state index in [9.17, 15) is 18.4 Å². The van der Waals surface area contributed by atoms with Crippen LogP contribution >= 0.6 is 0 Å². The van der Waals surface area contributed by atoms with Crippen LogP contribution in [-0.4, -0.2) is 73.1 Å². The Bertz CT molecular complexity index is 1850. The van der Waals surface area contributed by atoms with E-state index in [1.807, 2.05) is 36.6 Å². The molecule has 3 aliphatic heterocycles. The number of fused-ring (bicyclic) bond motifs is 2. The van der Waals surface area contributed by atoms with Gasteiger partial charge in [0.1, 0.15) is 5.60 Å². The number of rotatable bonds is 5. The second-order valence-corrected chi connectivity index (χ2v) is 17.7. The molecule has 12 heteroatoms. The monoisotopic (exact) mass is 731 g/mol. The maximum Gasteiger partial charge on any atom is 0.410 e. The van der Waals surface area contributed by atoms with Crippen LogP contribution in [0.4, 0.5) is 25.1 Å². The van der Waals surface area contributed by atoms with Crippen LogP contribution < -0.4 is 4.90 Å². The lowest BCUT2D eigenvalue weighted by molar-refractivity contribution is -0.129. The maximum absolute atomic E-state index is 14.7. The molecular formula is C41H55F2N7O3. The Labute approximate surface area is 311 Å². The topological polar surface area (TPSA) is 88.7 Å². The van der Waals surface area contributed by atoms with Gasteiger partial charge in [-0.2, -0.15) is 10.2 Å². The third-order valence-corrected chi connectivity index (χ3v) is 12.9. The zero-order valence-electron chi connectivity index (χ0n) is 32.0. The summed E-state index contributed by atoms with van der Waals surface area (Å²) in [4.78, 5) is 31.1. The minimum absolute atomic E-state index is 0.00643. The Kier molecular flexibility index (Phi) is 9.33. The lowest BCUT2D eigenvalue weighted by Crippen LogP contribution is -2.60. The summed E-state index contributed by atoms with van der Waals surface area (Å²) >= 11 is 0. The highest BCUT2D eigenvalue weighted by molar-refractivity contribution is 5.78. The van der Waals surface area contributed by atoms with Crippen molar-refractivity contribution in [3.63, 3.8) is 0 Å². The first kappa shape index (κ1) is 36.0. The largest absolute Gasteiger partial charge is 0.444 e. The highest BCUT2D eigenvalue weighted by Gasteiger charge is 2.49. The molecule has 0 atom stereocenters. The lowest BCUT2D eigenvalue weighted by Gasteiger charge is -2.54. The number of ether oxygens (including phenoxy) is 1. The summed E-state index contributed by atoms with van der Waals surface area (Å²) in [7, 11) is 1.80. The van der Waals surface area contributed by atoms with Crippen LogP contribution in [0.3, 0.4) is 0 Å². The molecule has 3 aromatic rings. The normalized spacial score (nSPS) is 23.2. The predicted octanol–water partition coefficient (Wildman–Crippen LogP) is 8.37. The van der Waals surface area contributed by atoms with Crippen LogP contribution in [0.25, 0.3) is 11.1 Å². The smallest absolute Gasteiger partial charge is 0.410 e. The Morgan fingerprint density at radius 1 is 0.962 bits per heavy atom. The van der Waals surface area contributed by atoms with Crippen molar-refractivity contribution < 1.29 is 23.1 Å². The van der Waals surface area contributed by atoms with Crippen molar-refractivity contribution in [2.75, 3.05) is 31.1 Å². The quantitative estimate of drug-likeness (QED) is 0.262. The highest BCUT2D eigenvalue weighted by atomic mass is 19.3. The molecule has 53 heavy (non-hydrogen) atoms. The van der Waals surface area contributed by atoms with Crippen LogP contribution in [0.2, 0.25) is 0 Å². The molecular weight excluding hydrogens is 676 g/mol. The third-order valence-electron chi connectivity index (χ3n) is 12.9. The molecule has 0 unspecified atom stereocenters. The number of aryl methyl sites for hydroxylation is 2. The van der Waals surface area contributed by atoms with E-state index in [0.29, 0.717) is 36.7 Å². The van der Waals surface area contributed by atoms with Crippen LogP contribution in [0.1, 0.15) is 120 Å². The van der Waals surface area contributed by atoms with Crippen LogP contribution in [-0.2, 0) is 36.0 Å². The fourth-order valence-corrected chi connectivity index (χ4v) is 10.2. The fourth-order valence-electron chi connectivity index (χ4n) is 10.2. The molecule has 0 radical (unpaired) electrons. The zero-order chi connectivity index (χ0) is 37.2. The van der Waals surface area contributed by atoms with E-state index in [1.165, 1.54) is 44.2 Å². The van der Waals surface area contributed by atoms with Crippen LogP contribution in [0, 0.1) is 17.3 Å². The van der Waals surface area contributed by atoms with E-state index in [1.54, 1.807) is 37.1 Å². The van der Waals surface area contributed by atoms with Gasteiger partial charge in [-0.05, 0) is 120 Å². The van der Waals surface area contributed by atoms with Crippen LogP contribution in [0.15, 0.2) is 24.5 Å². The first-order chi connectivity index (χ1) is 25.3. The van der Waals surface area contributed by atoms with Crippen molar-refractivity contribution in [1.82, 2.24) is 29.4 Å². The van der Waals surface area contributed by atoms with Gasteiger partial charge in [0, 0.05) is 86.3 Å². The summed E-state index contributed by atoms with van der Waals surface area (Å²) in [6.07, 6.45) is 12.4. The summed E-state index contributed by atoms with van der Waals surface area (Å²) in [6, 6.07) is 3.90. The number of carbonyl (C=O) groups is 2. The minimum atomic E-state index is -2.63. The minimum Gasteiger partial charge on any atom is -0.444 e. The van der Waals surface area contributed by atoms with Gasteiger partial charge in [-0.1, -0.05) is 0 Å². The van der Waals surface area contributed by atoms with Gasteiger partial charge in [0.15, 0.2) is 5.82 Å². The van der Waals surface area contributed by atoms with Gasteiger partial charge in [-0.15, -0.1) is 0 Å². The summed E-state index contributed by atoms with van der Waals surface area (Å²) in [5.74, 6) is 2.31. The van der Waals surface area contributed by atoms with Gasteiger partial charge in [-0.3, -0.25) is 14.2 Å². The molecule has 2 saturated carbocycles. The number of hydrogen-bond donors (Lipinski definition) is 0. The Morgan fingerprint density at radius 3 is 2.32 bits per heavy atom. The van der Waals surface area contributed by atoms with E-state index in [-0.39, 0.29) is 29.0 Å². The number of amides is 2. The van der Waals surface area contributed by atoms with Gasteiger partial charge in [0.25, 0.3) is 6.43 Å². The summed E-state index contributed by atoms with van der Waals surface area (Å²) in [6.45, 7) is 10.9. The first-order valence-electron chi connectivity index (χ1n) is 19.8. The van der Waals surface area contributed by atoms with Crippen molar-refractivity contribution >= 4 is 23.5 Å². The number of anilines is 2. The van der Waals surface area contributed by atoms with Crippen molar-refractivity contribution in [3.05, 3.63) is 46.9 Å². The van der Waals surface area contributed by atoms with Gasteiger partial charge >= 0.3 is 6.09 Å². The van der Waals surface area contributed by atoms with E-state index in [4.69, 9.17) is 9.84 Å². The predicted molar refractivity (Wildman–Crippen MR) is 199 cm³/mol. The third kappa shape index (κ3) is 6.95. The molecule has 1 saturated heterocycles. The number of hydrogen-bond acceptors (Lipinski definition) is 6. The van der Waals surface area contributed by atoms with Crippen LogP contribution in [0.5, 0.6) is 0 Å². The molecule has 5 heterocycles. The molecule has 5 aliphatic rings. The second-order valence-electron chi connectivity index (χ2n) is 17.7. The van der Waals surface area contributed by atoms with E-state index in [2.05, 4.69) is 14.7 Å². The number of benzene rings is 1. The summed E-state index contributed by atoms with van der Waals surface area (Å²) in [5, 5.41) is 9.61. The Hall–Kier alpha value is -3.96. The van der Waals surface area contributed by atoms with Crippen molar-refractivity contribution in [3.8, 4) is 11.1 Å². The number of carbonyl (C=O) groups excluding carboxylic acids is 2. The number of aromatic nitrogens is 4. The molecule has 2 aromatic heterocycles. The zero-order valence-corrected chi connectivity index (χ0v) is 32.0. The molecule has 0 bridgehead atoms. The van der Waals surface area contributed by atoms with Crippen molar-refractivity contribution in [2.24, 2.45) is 24.3 Å². The Morgan fingerprint density at radius 2 is 1.68 bits per heavy atom. The number of alkyl halides is 2. The second kappa shape index (κ2) is 13.7. The molecule has 0 N–H and O–H groups in total. The van der Waals surface area contributed by atoms with Crippen molar-refractivity contribution in [2.45, 2.75) is 123 Å². The van der Waals surface area contributed by atoms with Crippen molar-refractivity contribution in [1.29, 1.82) is 0 Å². The van der Waals surface area contributed by atoms with Gasteiger partial charge in [-0.25, -0.2) is 13.6 Å². The molecule has 10 nitrogen and oxygen atoms in total. The average molecular weight is 732 g/mol. The molecule has 286 valence electrons. The number of likely N-dealkylation sites (tertiary alicyclic amines) is 1. The standard InChI is InChI=1S/C41H55F2N7O3/c1-26(51)47-18-14-35-34(23-47)38(49-17-6-7-29-19-32(30-21-44-46(5)22-30)33(37(42)43)20-36(29)49)45-50(35)31-10-8-27(9-11-31)28-12-15-41(16-13-28)24-48(25-41)39(52)53-40(2,3)4/h19-22,27-28,31,37H,6-18,23-25H2,1-5H3. The van der Waals surface area contributed by atoms with E-state index in [0.717, 1.165) is 73.7 Å². The highest BCUT2D eigenvalue weighted by Crippen LogP contribution is 2.51. The molecule has 2 aliphatic carbocycles. The maximum atomic E-state index is 14.7. The lowest BCUT2D eigenvalue weighted by atomic mass is 9.62. The van der Waals surface area contributed by atoms with Gasteiger partial charge < -0.3 is 19.4 Å². The summed E-state index contributed by atoms with van der Waals surface area (Å²) in [5.41, 5.74) is 5.14. The molecule has 3 fully saturated rings. The van der Waals surface area contributed by atoms with E-state index >= 15 is 0 Å². The SMILES string of the molecule is CC(=O)N1CCc2c(c(N3CCCc4cc(-c5cnn(C)c5)c(C(F)F)cc43)nn2C2CCC(C3CCC4(CC3)CN(C(=O)OC(C)(C)C)C4)CC2)C1. The number of nitrogens with zero attached hydrogens (tertiary/aromatic N) is 7. The molecule has 1 aromatic carbocycles. The molecule has 2 amide bonds. The molecule has 8 rings (SSSR count). The summed E-state index contributed by atoms with van der Waals surface area (Å²) < 4.78 is 38.9. The number of halogens is 2. The van der Waals surface area contributed by atoms with Gasteiger partial charge in [0.2, 0.25) is 5.91 Å². The fraction of sp³-hybridized carbons (Fsp3) is 0.659. The Balaban J connectivity index is 0.991. The van der Waals surface area contributed by atoms with Gasteiger partial charge in [0.05, 0.1) is 18.8 Å². The first-order valence-corrected chi connectivity index (χ1v) is 19.8.